The summed E-state index contributed by atoms with van der Waals surface area (Å²) in [5.74, 6) is -0.394. The summed E-state index contributed by atoms with van der Waals surface area (Å²) < 4.78 is 5.22. The van der Waals surface area contributed by atoms with Crippen LogP contribution in [-0.2, 0) is 14.3 Å². The molecule has 0 aromatic heterocycles. The molecular weight excluding hydrogens is 270 g/mol. The Bertz CT molecular complexity index is 432. The minimum atomic E-state index is -1.05. The zero-order valence-electron chi connectivity index (χ0n) is 12.6. The highest BCUT2D eigenvalue weighted by atomic mass is 16.5. The molecule has 6 heteroatoms. The topological polar surface area (TPSA) is 82.4 Å². The van der Waals surface area contributed by atoms with Crippen molar-refractivity contribution in [3.05, 3.63) is 0 Å². The fourth-order valence-electron chi connectivity index (χ4n) is 2.89. The Hall–Kier alpha value is -1.61. The van der Waals surface area contributed by atoms with Crippen molar-refractivity contribution < 1.29 is 14.3 Å². The minimum Gasteiger partial charge on any atom is -0.381 e. The van der Waals surface area contributed by atoms with Crippen molar-refractivity contribution in [1.29, 1.82) is 5.26 Å². The molecule has 0 radical (unpaired) electrons. The molecule has 21 heavy (non-hydrogen) atoms. The average Bonchev–Trinajstić information content (AvgIpc) is 2.55. The van der Waals surface area contributed by atoms with Crippen LogP contribution < -0.4 is 5.32 Å². The molecule has 6 nitrogen and oxygen atoms in total. The zero-order valence-corrected chi connectivity index (χ0v) is 12.6. The van der Waals surface area contributed by atoms with Gasteiger partial charge in [0.15, 0.2) is 0 Å². The third-order valence-corrected chi connectivity index (χ3v) is 4.38. The van der Waals surface area contributed by atoms with Gasteiger partial charge in [-0.05, 0) is 39.0 Å². The summed E-state index contributed by atoms with van der Waals surface area (Å²) >= 11 is 0. The lowest BCUT2D eigenvalue weighted by molar-refractivity contribution is -0.140. The molecule has 2 heterocycles. The summed E-state index contributed by atoms with van der Waals surface area (Å²) in [7, 11) is 0. The summed E-state index contributed by atoms with van der Waals surface area (Å²) in [6, 6.07) is 1.54. The molecular formula is C15H23N3O3. The van der Waals surface area contributed by atoms with Crippen molar-refractivity contribution in [2.45, 2.75) is 45.1 Å². The van der Waals surface area contributed by atoms with Crippen molar-refractivity contribution in [1.82, 2.24) is 10.2 Å². The molecule has 0 aromatic rings. The van der Waals surface area contributed by atoms with E-state index in [2.05, 4.69) is 11.4 Å². The van der Waals surface area contributed by atoms with E-state index < -0.39 is 11.5 Å². The maximum atomic E-state index is 12.4. The second kappa shape index (κ2) is 6.90. The van der Waals surface area contributed by atoms with E-state index in [1.54, 1.807) is 11.8 Å². The van der Waals surface area contributed by atoms with Crippen LogP contribution in [0.1, 0.15) is 39.0 Å². The lowest BCUT2D eigenvalue weighted by Gasteiger charge is -2.32. The molecule has 2 aliphatic rings. The zero-order chi connectivity index (χ0) is 15.3. The number of hydrogen-bond acceptors (Lipinski definition) is 4. The van der Waals surface area contributed by atoms with E-state index in [1.165, 1.54) is 0 Å². The van der Waals surface area contributed by atoms with E-state index >= 15 is 0 Å². The summed E-state index contributed by atoms with van der Waals surface area (Å²) in [6.45, 7) is 4.04. The van der Waals surface area contributed by atoms with Gasteiger partial charge in [-0.2, -0.15) is 5.26 Å². The van der Waals surface area contributed by atoms with Crippen LogP contribution in [0.15, 0.2) is 0 Å². The Labute approximate surface area is 125 Å². The number of nitrogens with zero attached hydrogens (tertiary/aromatic N) is 2. The molecule has 0 aromatic carbocycles. The quantitative estimate of drug-likeness (QED) is 0.835. The van der Waals surface area contributed by atoms with Gasteiger partial charge < -0.3 is 15.0 Å². The second-order valence-corrected chi connectivity index (χ2v) is 5.89. The maximum absolute atomic E-state index is 12.4. The Morgan fingerprint density at radius 1 is 1.24 bits per heavy atom. The third kappa shape index (κ3) is 3.53. The number of nitriles is 1. The third-order valence-electron chi connectivity index (χ3n) is 4.38. The maximum Gasteiger partial charge on any atom is 0.244 e. The molecule has 2 saturated heterocycles. The Balaban J connectivity index is 1.94. The minimum absolute atomic E-state index is 0.0526. The number of carbonyl (C=O) groups excluding carboxylic acids is 2. The molecule has 0 aliphatic carbocycles. The average molecular weight is 293 g/mol. The standard InChI is InChI=1S/C15H23N3O3/c1-12(13(19)18-7-3-2-4-8-18)17-14(20)15(11-16)5-9-21-10-6-15/h12H,2-10H2,1H3,(H,17,20). The number of nitrogens with one attached hydrogen (secondary N) is 1. The highest BCUT2D eigenvalue weighted by molar-refractivity contribution is 5.91. The van der Waals surface area contributed by atoms with Crippen molar-refractivity contribution >= 4 is 11.8 Å². The Kier molecular flexibility index (Phi) is 5.18. The summed E-state index contributed by atoms with van der Waals surface area (Å²) in [5, 5.41) is 12.1. The van der Waals surface area contributed by atoms with Crippen LogP contribution in [-0.4, -0.2) is 49.1 Å². The van der Waals surface area contributed by atoms with Gasteiger partial charge in [0.25, 0.3) is 0 Å². The first-order valence-electron chi connectivity index (χ1n) is 7.68. The molecule has 1 atom stereocenters. The van der Waals surface area contributed by atoms with Crippen molar-refractivity contribution in [2.24, 2.45) is 5.41 Å². The van der Waals surface area contributed by atoms with E-state index in [0.29, 0.717) is 26.1 Å². The fourth-order valence-corrected chi connectivity index (χ4v) is 2.89. The number of likely N-dealkylation sites (tertiary alicyclic amines) is 1. The van der Waals surface area contributed by atoms with Gasteiger partial charge in [-0.15, -0.1) is 0 Å². The van der Waals surface area contributed by atoms with Crippen LogP contribution >= 0.6 is 0 Å². The monoisotopic (exact) mass is 293 g/mol. The molecule has 1 N–H and O–H groups in total. The summed E-state index contributed by atoms with van der Waals surface area (Å²) in [6.07, 6.45) is 3.97. The van der Waals surface area contributed by atoms with E-state index in [9.17, 15) is 14.9 Å². The predicted octanol–water partition coefficient (Wildman–Crippen LogP) is 0.824. The van der Waals surface area contributed by atoms with Crippen LogP contribution in [0.25, 0.3) is 0 Å². The second-order valence-electron chi connectivity index (χ2n) is 5.89. The number of piperidine rings is 1. The smallest absolute Gasteiger partial charge is 0.244 e. The summed E-state index contributed by atoms with van der Waals surface area (Å²) in [4.78, 5) is 26.5. The molecule has 116 valence electrons. The van der Waals surface area contributed by atoms with Crippen molar-refractivity contribution in [2.75, 3.05) is 26.3 Å². The molecule has 0 bridgehead atoms. The van der Waals surface area contributed by atoms with E-state index in [1.807, 2.05) is 0 Å². The molecule has 2 fully saturated rings. The number of carbonyl (C=O) groups is 2. The molecule has 2 aliphatic heterocycles. The first-order valence-corrected chi connectivity index (χ1v) is 7.68. The van der Waals surface area contributed by atoms with Crippen LogP contribution in [0.2, 0.25) is 0 Å². The molecule has 2 amide bonds. The van der Waals surface area contributed by atoms with E-state index in [-0.39, 0.29) is 11.8 Å². The van der Waals surface area contributed by atoms with Gasteiger partial charge in [-0.3, -0.25) is 9.59 Å². The van der Waals surface area contributed by atoms with Gasteiger partial charge in [0.2, 0.25) is 11.8 Å². The molecule has 2 rings (SSSR count). The summed E-state index contributed by atoms with van der Waals surface area (Å²) in [5.41, 5.74) is -1.05. The van der Waals surface area contributed by atoms with Crippen LogP contribution in [0, 0.1) is 16.7 Å². The Morgan fingerprint density at radius 3 is 2.43 bits per heavy atom. The van der Waals surface area contributed by atoms with Gasteiger partial charge in [0.05, 0.1) is 6.07 Å². The Morgan fingerprint density at radius 2 is 1.86 bits per heavy atom. The highest BCUT2D eigenvalue weighted by Crippen LogP contribution is 2.30. The van der Waals surface area contributed by atoms with Crippen LogP contribution in [0.3, 0.4) is 0 Å². The molecule has 0 spiro atoms. The van der Waals surface area contributed by atoms with E-state index in [4.69, 9.17) is 4.74 Å². The van der Waals surface area contributed by atoms with E-state index in [0.717, 1.165) is 32.4 Å². The van der Waals surface area contributed by atoms with Crippen LogP contribution in [0.5, 0.6) is 0 Å². The van der Waals surface area contributed by atoms with Crippen molar-refractivity contribution in [3.63, 3.8) is 0 Å². The molecule has 1 unspecified atom stereocenters. The number of ether oxygens (including phenoxy) is 1. The predicted molar refractivity (Wildman–Crippen MR) is 76.1 cm³/mol. The SMILES string of the molecule is CC(NC(=O)C1(C#N)CCOCC1)C(=O)N1CCCCC1. The van der Waals surface area contributed by atoms with Gasteiger partial charge in [-0.25, -0.2) is 0 Å². The lowest BCUT2D eigenvalue weighted by Crippen LogP contribution is -2.53. The van der Waals surface area contributed by atoms with Gasteiger partial charge >= 0.3 is 0 Å². The van der Waals surface area contributed by atoms with Gasteiger partial charge in [-0.1, -0.05) is 0 Å². The fraction of sp³-hybridized carbons (Fsp3) is 0.800. The number of hydrogen-bond donors (Lipinski definition) is 1. The van der Waals surface area contributed by atoms with Gasteiger partial charge in [0.1, 0.15) is 11.5 Å². The lowest BCUT2D eigenvalue weighted by atomic mass is 9.80. The van der Waals surface area contributed by atoms with Crippen LogP contribution in [0.4, 0.5) is 0 Å². The first kappa shape index (κ1) is 15.8. The number of rotatable bonds is 3. The normalized spacial score (nSPS) is 23.0. The first-order chi connectivity index (χ1) is 10.1. The van der Waals surface area contributed by atoms with Crippen molar-refractivity contribution in [3.8, 4) is 6.07 Å². The largest absolute Gasteiger partial charge is 0.381 e. The number of amides is 2. The van der Waals surface area contributed by atoms with Gasteiger partial charge in [0, 0.05) is 26.3 Å². The molecule has 0 saturated carbocycles. The highest BCUT2D eigenvalue weighted by Gasteiger charge is 2.41.